The lowest BCUT2D eigenvalue weighted by atomic mass is 9.81. The highest BCUT2D eigenvalue weighted by Crippen LogP contribution is 2.27. The van der Waals surface area contributed by atoms with Crippen LogP contribution in [0.3, 0.4) is 0 Å². The highest BCUT2D eigenvalue weighted by Gasteiger charge is 2.26. The molecule has 0 bridgehead atoms. The van der Waals surface area contributed by atoms with E-state index in [0.29, 0.717) is 11.8 Å². The van der Waals surface area contributed by atoms with E-state index in [-0.39, 0.29) is 5.91 Å². The molecule has 0 aromatic carbocycles. The topological polar surface area (TPSA) is 41.1 Å². The number of hydrogen-bond donors (Lipinski definition) is 2. The molecule has 1 fully saturated rings. The predicted molar refractivity (Wildman–Crippen MR) is 74.4 cm³/mol. The van der Waals surface area contributed by atoms with Crippen LogP contribution >= 0.6 is 0 Å². The average molecular weight is 250 g/mol. The van der Waals surface area contributed by atoms with Crippen LogP contribution in [-0.2, 0) is 4.79 Å². The second-order valence-electron chi connectivity index (χ2n) is 6.12. The van der Waals surface area contributed by atoms with Gasteiger partial charge in [0.15, 0.2) is 0 Å². The smallest absolute Gasteiger partial charge is 0.224 e. The van der Waals surface area contributed by atoms with Gasteiger partial charge in [0.2, 0.25) is 5.91 Å². The summed E-state index contributed by atoms with van der Waals surface area (Å²) < 4.78 is 0. The first-order chi connectivity index (χ1) is 8.68. The highest BCUT2D eigenvalue weighted by molar-refractivity contribution is 5.78. The second-order valence-corrected chi connectivity index (χ2v) is 6.12. The van der Waals surface area contributed by atoms with Crippen molar-refractivity contribution in [2.24, 2.45) is 5.41 Å². The Morgan fingerprint density at radius 1 is 1.39 bits per heavy atom. The van der Waals surface area contributed by atoms with Crippen molar-refractivity contribution in [3.63, 3.8) is 0 Å². The SMILES string of the molecule is CC1(CNC(=O)CC2=CCCCC2)CCNCC1. The molecule has 0 atom stereocenters. The fourth-order valence-corrected chi connectivity index (χ4v) is 2.85. The van der Waals surface area contributed by atoms with E-state index in [2.05, 4.69) is 23.6 Å². The van der Waals surface area contributed by atoms with Gasteiger partial charge in [0.1, 0.15) is 0 Å². The largest absolute Gasteiger partial charge is 0.355 e. The van der Waals surface area contributed by atoms with Gasteiger partial charge in [0, 0.05) is 13.0 Å². The van der Waals surface area contributed by atoms with E-state index in [9.17, 15) is 4.79 Å². The lowest BCUT2D eigenvalue weighted by molar-refractivity contribution is -0.121. The second kappa shape index (κ2) is 6.37. The molecule has 1 amide bonds. The lowest BCUT2D eigenvalue weighted by Gasteiger charge is -2.34. The van der Waals surface area contributed by atoms with Crippen LogP contribution in [0.5, 0.6) is 0 Å². The maximum atomic E-state index is 11.9. The molecule has 2 N–H and O–H groups in total. The normalized spacial score (nSPS) is 23.3. The Balaban J connectivity index is 1.72. The van der Waals surface area contributed by atoms with Gasteiger partial charge in [-0.1, -0.05) is 18.6 Å². The summed E-state index contributed by atoms with van der Waals surface area (Å²) in [7, 11) is 0. The number of allylic oxidation sites excluding steroid dienone is 1. The highest BCUT2D eigenvalue weighted by atomic mass is 16.1. The van der Waals surface area contributed by atoms with Crippen molar-refractivity contribution in [2.75, 3.05) is 19.6 Å². The van der Waals surface area contributed by atoms with Crippen molar-refractivity contribution < 1.29 is 4.79 Å². The molecule has 2 aliphatic rings. The van der Waals surface area contributed by atoms with E-state index in [4.69, 9.17) is 0 Å². The summed E-state index contributed by atoms with van der Waals surface area (Å²) in [5.74, 6) is 0.211. The quantitative estimate of drug-likeness (QED) is 0.752. The zero-order valence-corrected chi connectivity index (χ0v) is 11.6. The van der Waals surface area contributed by atoms with Crippen LogP contribution in [0.4, 0.5) is 0 Å². The molecular formula is C15H26N2O. The molecule has 3 nitrogen and oxygen atoms in total. The molecule has 2 rings (SSSR count). The van der Waals surface area contributed by atoms with Crippen LogP contribution in [0.15, 0.2) is 11.6 Å². The van der Waals surface area contributed by atoms with E-state index in [1.54, 1.807) is 0 Å². The van der Waals surface area contributed by atoms with Crippen molar-refractivity contribution in [1.29, 1.82) is 0 Å². The molecule has 18 heavy (non-hydrogen) atoms. The molecular weight excluding hydrogens is 224 g/mol. The van der Waals surface area contributed by atoms with Crippen molar-refractivity contribution in [2.45, 2.75) is 51.9 Å². The van der Waals surface area contributed by atoms with Gasteiger partial charge in [-0.2, -0.15) is 0 Å². The lowest BCUT2D eigenvalue weighted by Crippen LogP contribution is -2.42. The Bertz CT molecular complexity index is 316. The van der Waals surface area contributed by atoms with Gasteiger partial charge >= 0.3 is 0 Å². The number of nitrogens with one attached hydrogen (secondary N) is 2. The van der Waals surface area contributed by atoms with Gasteiger partial charge in [0.05, 0.1) is 0 Å². The number of amides is 1. The Kier molecular flexibility index (Phi) is 4.81. The summed E-state index contributed by atoms with van der Waals surface area (Å²) in [5, 5.41) is 6.50. The molecule has 1 aliphatic heterocycles. The zero-order valence-electron chi connectivity index (χ0n) is 11.6. The van der Waals surface area contributed by atoms with Gasteiger partial charge < -0.3 is 10.6 Å². The van der Waals surface area contributed by atoms with Gasteiger partial charge in [0.25, 0.3) is 0 Å². The minimum absolute atomic E-state index is 0.211. The molecule has 0 radical (unpaired) electrons. The maximum Gasteiger partial charge on any atom is 0.224 e. The third-order valence-corrected chi connectivity index (χ3v) is 4.30. The van der Waals surface area contributed by atoms with E-state index >= 15 is 0 Å². The van der Waals surface area contributed by atoms with E-state index in [0.717, 1.165) is 45.3 Å². The molecule has 0 aromatic rings. The van der Waals surface area contributed by atoms with E-state index < -0.39 is 0 Å². The average Bonchev–Trinajstić information content (AvgIpc) is 2.39. The van der Waals surface area contributed by atoms with Crippen molar-refractivity contribution in [3.8, 4) is 0 Å². The molecule has 102 valence electrons. The van der Waals surface area contributed by atoms with Crippen molar-refractivity contribution >= 4 is 5.91 Å². The summed E-state index contributed by atoms with van der Waals surface area (Å²) in [5.41, 5.74) is 1.64. The molecule has 1 aliphatic carbocycles. The number of carbonyl (C=O) groups excluding carboxylic acids is 1. The number of carbonyl (C=O) groups is 1. The number of rotatable bonds is 4. The Morgan fingerprint density at radius 2 is 2.17 bits per heavy atom. The molecule has 1 saturated heterocycles. The fourth-order valence-electron chi connectivity index (χ4n) is 2.85. The van der Waals surface area contributed by atoms with Crippen LogP contribution in [-0.4, -0.2) is 25.5 Å². The minimum Gasteiger partial charge on any atom is -0.355 e. The van der Waals surface area contributed by atoms with E-state index in [1.165, 1.54) is 18.4 Å². The standard InChI is InChI=1S/C15H26N2O/c1-15(7-9-16-10-8-15)12-17-14(18)11-13-5-3-2-4-6-13/h5,16H,2-4,6-12H2,1H3,(H,17,18). The van der Waals surface area contributed by atoms with Gasteiger partial charge in [-0.15, -0.1) is 0 Å². The van der Waals surface area contributed by atoms with Crippen LogP contribution < -0.4 is 10.6 Å². The molecule has 1 heterocycles. The first kappa shape index (κ1) is 13.6. The third-order valence-electron chi connectivity index (χ3n) is 4.30. The first-order valence-corrected chi connectivity index (χ1v) is 7.33. The summed E-state index contributed by atoms with van der Waals surface area (Å²) in [6, 6.07) is 0. The Hall–Kier alpha value is -0.830. The fraction of sp³-hybridized carbons (Fsp3) is 0.800. The van der Waals surface area contributed by atoms with Gasteiger partial charge in [-0.05, 0) is 57.0 Å². The van der Waals surface area contributed by atoms with Crippen LogP contribution in [0.1, 0.15) is 51.9 Å². The monoisotopic (exact) mass is 250 g/mol. The van der Waals surface area contributed by atoms with Crippen LogP contribution in [0, 0.1) is 5.41 Å². The van der Waals surface area contributed by atoms with Gasteiger partial charge in [-0.25, -0.2) is 0 Å². The summed E-state index contributed by atoms with van der Waals surface area (Å²) >= 11 is 0. The molecule has 0 unspecified atom stereocenters. The molecule has 0 spiro atoms. The number of hydrogen-bond acceptors (Lipinski definition) is 2. The Labute approximate surface area is 110 Å². The van der Waals surface area contributed by atoms with Gasteiger partial charge in [-0.3, -0.25) is 4.79 Å². The van der Waals surface area contributed by atoms with Crippen LogP contribution in [0.2, 0.25) is 0 Å². The zero-order chi connectivity index (χ0) is 12.8. The minimum atomic E-state index is 0.211. The third kappa shape index (κ3) is 4.13. The first-order valence-electron chi connectivity index (χ1n) is 7.33. The molecule has 0 saturated carbocycles. The summed E-state index contributed by atoms with van der Waals surface area (Å²) in [6.45, 7) is 5.28. The number of piperidine rings is 1. The molecule has 0 aromatic heterocycles. The van der Waals surface area contributed by atoms with Crippen LogP contribution in [0.25, 0.3) is 0 Å². The maximum absolute atomic E-state index is 11.9. The van der Waals surface area contributed by atoms with Crippen molar-refractivity contribution in [3.05, 3.63) is 11.6 Å². The molecule has 3 heteroatoms. The summed E-state index contributed by atoms with van der Waals surface area (Å²) in [6.07, 6.45) is 10.0. The van der Waals surface area contributed by atoms with E-state index in [1.807, 2.05) is 0 Å². The predicted octanol–water partition coefficient (Wildman–Crippen LogP) is 2.38. The van der Waals surface area contributed by atoms with Crippen molar-refractivity contribution in [1.82, 2.24) is 10.6 Å². The Morgan fingerprint density at radius 3 is 2.83 bits per heavy atom. The summed E-state index contributed by atoms with van der Waals surface area (Å²) in [4.78, 5) is 11.9.